The summed E-state index contributed by atoms with van der Waals surface area (Å²) in [5.41, 5.74) is 22.8. The van der Waals surface area contributed by atoms with Crippen LogP contribution >= 0.6 is 12.6 Å². The quantitative estimate of drug-likeness (QED) is 0.0399. The fourth-order valence-electron chi connectivity index (χ4n) is 3.52. The third-order valence-electron chi connectivity index (χ3n) is 5.68. The van der Waals surface area contributed by atoms with Crippen LogP contribution < -0.4 is 38.9 Å². The van der Waals surface area contributed by atoms with Crippen molar-refractivity contribution in [2.75, 3.05) is 18.8 Å². The van der Waals surface area contributed by atoms with Gasteiger partial charge in [0.05, 0.1) is 6.04 Å². The van der Waals surface area contributed by atoms with Crippen molar-refractivity contribution >= 4 is 42.3 Å². The van der Waals surface area contributed by atoms with Gasteiger partial charge in [0.1, 0.15) is 23.9 Å². The Morgan fingerprint density at radius 1 is 0.872 bits per heavy atom. The second kappa shape index (κ2) is 17.9. The number of phenolic OH excluding ortho intramolecular Hbond substituents is 1. The molecule has 0 aliphatic carbocycles. The number of thiol groups is 1. The third-order valence-corrected chi connectivity index (χ3v) is 6.05. The molecule has 4 unspecified atom stereocenters. The number of benzene rings is 1. The number of aromatic hydroxyl groups is 1. The number of hydrogen-bond donors (Lipinski definition) is 10. The van der Waals surface area contributed by atoms with Crippen LogP contribution in [0.5, 0.6) is 5.75 Å². The second-order valence-electron chi connectivity index (χ2n) is 8.91. The normalized spacial score (nSPS) is 13.8. The number of aliphatic imine (C=N–C) groups is 1. The van der Waals surface area contributed by atoms with E-state index < -0.39 is 47.9 Å². The highest BCUT2D eigenvalue weighted by Crippen LogP contribution is 2.11. The zero-order valence-corrected chi connectivity index (χ0v) is 22.6. The van der Waals surface area contributed by atoms with Crippen molar-refractivity contribution in [2.45, 2.75) is 62.7 Å². The maximum Gasteiger partial charge on any atom is 0.326 e. The molecule has 13 N–H and O–H groups in total. The minimum absolute atomic E-state index is 0.0650. The Balaban J connectivity index is 2.83. The SMILES string of the molecule is NCCCCC(NC(=O)C(CS)NC(=O)C(N)Cc1ccc(O)cc1)C(=O)NC(CCCN=C(N)N)C(=O)O. The van der Waals surface area contributed by atoms with Gasteiger partial charge in [0.15, 0.2) is 5.96 Å². The third kappa shape index (κ3) is 13.2. The van der Waals surface area contributed by atoms with Crippen molar-refractivity contribution in [1.29, 1.82) is 0 Å². The van der Waals surface area contributed by atoms with E-state index in [1.54, 1.807) is 12.1 Å². The molecule has 14 nitrogen and oxygen atoms in total. The average molecular weight is 569 g/mol. The van der Waals surface area contributed by atoms with Gasteiger partial charge in [-0.2, -0.15) is 12.6 Å². The molecule has 0 aromatic heterocycles. The molecule has 0 saturated heterocycles. The maximum absolute atomic E-state index is 13.0. The molecule has 0 saturated carbocycles. The number of nitrogens with one attached hydrogen (secondary N) is 3. The number of guanidine groups is 1. The molecule has 4 atom stereocenters. The molecule has 1 aromatic carbocycles. The summed E-state index contributed by atoms with van der Waals surface area (Å²) in [7, 11) is 0. The number of hydrogen-bond acceptors (Lipinski definition) is 9. The number of aliphatic carboxylic acids is 1. The van der Waals surface area contributed by atoms with E-state index in [9.17, 15) is 29.4 Å². The topological polar surface area (TPSA) is 261 Å². The van der Waals surface area contributed by atoms with E-state index in [0.29, 0.717) is 31.4 Å². The average Bonchev–Trinajstić information content (AvgIpc) is 2.89. The van der Waals surface area contributed by atoms with Gasteiger partial charge in [-0.05, 0) is 62.8 Å². The van der Waals surface area contributed by atoms with Gasteiger partial charge in [0.25, 0.3) is 0 Å². The number of phenols is 1. The lowest BCUT2D eigenvalue weighted by Crippen LogP contribution is -2.57. The lowest BCUT2D eigenvalue weighted by molar-refractivity contribution is -0.142. The van der Waals surface area contributed by atoms with E-state index in [1.807, 2.05) is 0 Å². The molecule has 0 spiro atoms. The number of nitrogens with zero attached hydrogens (tertiary/aromatic N) is 1. The second-order valence-corrected chi connectivity index (χ2v) is 9.28. The Labute approximate surface area is 232 Å². The van der Waals surface area contributed by atoms with Crippen molar-refractivity contribution in [3.05, 3.63) is 29.8 Å². The highest BCUT2D eigenvalue weighted by molar-refractivity contribution is 7.80. The predicted octanol–water partition coefficient (Wildman–Crippen LogP) is -2.09. The summed E-state index contributed by atoms with van der Waals surface area (Å²) < 4.78 is 0. The van der Waals surface area contributed by atoms with Gasteiger partial charge in [0.2, 0.25) is 17.7 Å². The standard InChI is InChI=1S/C24H40N8O6S/c25-10-2-1-4-17(21(35)31-18(23(37)38)5-3-11-29-24(27)28)30-22(36)19(13-39)32-20(34)16(26)12-14-6-8-15(33)9-7-14/h6-9,16-19,33,39H,1-5,10-13,25-26H2,(H,30,36)(H,31,35)(H,32,34)(H,37,38)(H4,27,28,29). The Bertz CT molecular complexity index is 974. The summed E-state index contributed by atoms with van der Waals surface area (Å²) in [6, 6.07) is 1.81. The highest BCUT2D eigenvalue weighted by atomic mass is 32.1. The van der Waals surface area contributed by atoms with Crippen molar-refractivity contribution in [1.82, 2.24) is 16.0 Å². The number of nitrogens with two attached hydrogens (primary N) is 4. The van der Waals surface area contributed by atoms with Gasteiger partial charge in [-0.25, -0.2) is 4.79 Å². The summed E-state index contributed by atoms with van der Waals surface area (Å²) in [4.78, 5) is 54.0. The number of amides is 3. The number of carboxylic acid groups (broad SMARTS) is 1. The molecule has 39 heavy (non-hydrogen) atoms. The number of carbonyl (C=O) groups excluding carboxylic acids is 3. The van der Waals surface area contributed by atoms with Crippen LogP contribution in [0.15, 0.2) is 29.3 Å². The van der Waals surface area contributed by atoms with E-state index >= 15 is 0 Å². The van der Waals surface area contributed by atoms with Gasteiger partial charge in [0, 0.05) is 12.3 Å². The Morgan fingerprint density at radius 2 is 1.44 bits per heavy atom. The van der Waals surface area contributed by atoms with Crippen molar-refractivity contribution in [3.63, 3.8) is 0 Å². The molecule has 0 radical (unpaired) electrons. The predicted molar refractivity (Wildman–Crippen MR) is 150 cm³/mol. The highest BCUT2D eigenvalue weighted by Gasteiger charge is 2.29. The van der Waals surface area contributed by atoms with Gasteiger partial charge in [-0.15, -0.1) is 0 Å². The van der Waals surface area contributed by atoms with Crippen molar-refractivity contribution in [2.24, 2.45) is 27.9 Å². The number of rotatable bonds is 18. The summed E-state index contributed by atoms with van der Waals surface area (Å²) in [6.07, 6.45) is 1.80. The summed E-state index contributed by atoms with van der Waals surface area (Å²) in [5.74, 6) is -3.35. The molecule has 0 aliphatic heterocycles. The fraction of sp³-hybridized carbons (Fsp3) is 0.542. The number of unbranched alkanes of at least 4 members (excludes halogenated alkanes) is 1. The van der Waals surface area contributed by atoms with Crippen LogP contribution in [0.4, 0.5) is 0 Å². The zero-order chi connectivity index (χ0) is 29.4. The van der Waals surface area contributed by atoms with E-state index in [4.69, 9.17) is 22.9 Å². The fourth-order valence-corrected chi connectivity index (χ4v) is 3.78. The van der Waals surface area contributed by atoms with E-state index in [0.717, 1.165) is 0 Å². The van der Waals surface area contributed by atoms with Gasteiger partial charge < -0.3 is 49.1 Å². The molecule has 3 amide bonds. The van der Waals surface area contributed by atoms with Crippen LogP contribution in [0.3, 0.4) is 0 Å². The monoisotopic (exact) mass is 568 g/mol. The van der Waals surface area contributed by atoms with Crippen molar-refractivity contribution < 1.29 is 29.4 Å². The molecule has 15 heteroatoms. The number of carbonyl (C=O) groups is 4. The minimum atomic E-state index is -1.25. The molecular formula is C24H40N8O6S. The molecule has 0 heterocycles. The Morgan fingerprint density at radius 3 is 2.00 bits per heavy atom. The lowest BCUT2D eigenvalue weighted by Gasteiger charge is -2.24. The zero-order valence-electron chi connectivity index (χ0n) is 21.7. The molecule has 0 bridgehead atoms. The van der Waals surface area contributed by atoms with Crippen LogP contribution in [-0.2, 0) is 25.6 Å². The first-order valence-electron chi connectivity index (χ1n) is 12.5. The summed E-state index contributed by atoms with van der Waals surface area (Å²) >= 11 is 4.15. The first kappa shape index (κ1) is 33.5. The largest absolute Gasteiger partial charge is 0.508 e. The van der Waals surface area contributed by atoms with Crippen LogP contribution in [0.1, 0.15) is 37.7 Å². The summed E-state index contributed by atoms with van der Waals surface area (Å²) in [6.45, 7) is 0.565. The Kier molecular flexibility index (Phi) is 15.3. The van der Waals surface area contributed by atoms with E-state index in [2.05, 4.69) is 33.6 Å². The van der Waals surface area contributed by atoms with Crippen LogP contribution in [-0.4, -0.2) is 82.9 Å². The lowest BCUT2D eigenvalue weighted by atomic mass is 10.0. The van der Waals surface area contributed by atoms with Crippen LogP contribution in [0, 0.1) is 0 Å². The molecule has 218 valence electrons. The first-order valence-corrected chi connectivity index (χ1v) is 13.1. The number of carboxylic acids is 1. The molecular weight excluding hydrogens is 528 g/mol. The Hall–Kier alpha value is -3.56. The van der Waals surface area contributed by atoms with E-state index in [-0.39, 0.29) is 43.3 Å². The molecule has 0 fully saturated rings. The van der Waals surface area contributed by atoms with Crippen LogP contribution in [0.25, 0.3) is 0 Å². The smallest absolute Gasteiger partial charge is 0.326 e. The minimum Gasteiger partial charge on any atom is -0.508 e. The van der Waals surface area contributed by atoms with Gasteiger partial charge in [-0.3, -0.25) is 19.4 Å². The maximum atomic E-state index is 13.0. The summed E-state index contributed by atoms with van der Waals surface area (Å²) in [5, 5.41) is 26.5. The van der Waals surface area contributed by atoms with Gasteiger partial charge >= 0.3 is 5.97 Å². The first-order chi connectivity index (χ1) is 18.5. The van der Waals surface area contributed by atoms with E-state index in [1.165, 1.54) is 12.1 Å². The van der Waals surface area contributed by atoms with Gasteiger partial charge in [-0.1, -0.05) is 12.1 Å². The van der Waals surface area contributed by atoms with Crippen LogP contribution in [0.2, 0.25) is 0 Å². The van der Waals surface area contributed by atoms with Crippen molar-refractivity contribution in [3.8, 4) is 5.75 Å². The molecule has 1 aromatic rings. The molecule has 0 aliphatic rings. The molecule has 1 rings (SSSR count).